The molecule has 1 rings (SSSR count). The van der Waals surface area contributed by atoms with Gasteiger partial charge in [-0.05, 0) is 37.5 Å². The van der Waals surface area contributed by atoms with E-state index in [1.165, 1.54) is 32.1 Å². The highest BCUT2D eigenvalue weighted by molar-refractivity contribution is 7.54. The van der Waals surface area contributed by atoms with E-state index in [4.69, 9.17) is 9.05 Å². The zero-order valence-corrected chi connectivity index (χ0v) is 16.7. The number of unbranched alkanes of at least 4 members (excludes halogenated alkanes) is 7. The van der Waals surface area contributed by atoms with Crippen LogP contribution in [0.2, 0.25) is 0 Å². The number of hydrogen-bond donors (Lipinski definition) is 0. The molecule has 1 unspecified atom stereocenters. The molecule has 24 heavy (non-hydrogen) atoms. The van der Waals surface area contributed by atoms with Crippen molar-refractivity contribution in [3.8, 4) is 5.75 Å². The Morgan fingerprint density at radius 1 is 0.917 bits per heavy atom. The average molecular weight is 354 g/mol. The van der Waals surface area contributed by atoms with Crippen molar-refractivity contribution in [1.82, 2.24) is 0 Å². The molecule has 0 bridgehead atoms. The Bertz CT molecular complexity index is 488. The summed E-state index contributed by atoms with van der Waals surface area (Å²) in [4.78, 5) is 0. The minimum atomic E-state index is -3.04. The summed E-state index contributed by atoms with van der Waals surface area (Å²) in [5, 5.41) is 0. The van der Waals surface area contributed by atoms with Gasteiger partial charge in [0, 0.05) is 0 Å². The number of benzene rings is 1. The van der Waals surface area contributed by atoms with Crippen LogP contribution in [0.25, 0.3) is 0 Å². The molecule has 0 aliphatic heterocycles. The summed E-state index contributed by atoms with van der Waals surface area (Å²) >= 11 is 0. The first-order chi connectivity index (χ1) is 11.6. The number of hydrogen-bond acceptors (Lipinski definition) is 3. The Morgan fingerprint density at radius 3 is 2.25 bits per heavy atom. The number of aryl methyl sites for hydroxylation is 1. The van der Waals surface area contributed by atoms with Gasteiger partial charge in [0.2, 0.25) is 0 Å². The van der Waals surface area contributed by atoms with E-state index in [1.54, 1.807) is 0 Å². The van der Waals surface area contributed by atoms with Gasteiger partial charge in [0.15, 0.2) is 0 Å². The van der Waals surface area contributed by atoms with Crippen molar-refractivity contribution in [2.45, 2.75) is 78.6 Å². The van der Waals surface area contributed by atoms with E-state index in [9.17, 15) is 4.57 Å². The van der Waals surface area contributed by atoms with Crippen LogP contribution in [0.5, 0.6) is 5.75 Å². The van der Waals surface area contributed by atoms with Crippen LogP contribution in [-0.4, -0.2) is 12.8 Å². The van der Waals surface area contributed by atoms with Gasteiger partial charge in [-0.2, -0.15) is 0 Å². The van der Waals surface area contributed by atoms with Gasteiger partial charge < -0.3 is 4.52 Å². The lowest BCUT2D eigenvalue weighted by Crippen LogP contribution is -2.04. The lowest BCUT2D eigenvalue weighted by atomic mass is 10.1. The molecule has 4 heteroatoms. The standard InChI is InChI=1S/C20H35O3P/c1-4-6-8-9-10-11-12-16-22-24(21,17-7-5-2)23-20-15-13-14-19(3)18-20/h13-15,18H,4-12,16-17H2,1-3H3. The SMILES string of the molecule is CCCCCCCCCOP(=O)(CCCC)Oc1cccc(C)c1. The smallest absolute Gasteiger partial charge is 0.379 e. The van der Waals surface area contributed by atoms with Crippen LogP contribution in [-0.2, 0) is 9.09 Å². The van der Waals surface area contributed by atoms with Gasteiger partial charge in [0.25, 0.3) is 0 Å². The molecular weight excluding hydrogens is 319 g/mol. The third-order valence-corrected chi connectivity index (χ3v) is 5.98. The van der Waals surface area contributed by atoms with E-state index in [2.05, 4.69) is 13.8 Å². The minimum absolute atomic E-state index is 0.494. The third-order valence-electron chi connectivity index (χ3n) is 4.06. The van der Waals surface area contributed by atoms with Gasteiger partial charge in [-0.3, -0.25) is 4.52 Å². The molecular formula is C20H35O3P. The fraction of sp³-hybridized carbons (Fsp3) is 0.700. The Kier molecular flexibility index (Phi) is 11.1. The second-order valence-electron chi connectivity index (χ2n) is 6.55. The molecule has 3 nitrogen and oxygen atoms in total. The van der Waals surface area contributed by atoms with Crippen molar-refractivity contribution in [2.75, 3.05) is 12.8 Å². The van der Waals surface area contributed by atoms with Gasteiger partial charge in [-0.15, -0.1) is 0 Å². The zero-order valence-electron chi connectivity index (χ0n) is 15.8. The molecule has 0 spiro atoms. The molecule has 0 fully saturated rings. The molecule has 0 heterocycles. The van der Waals surface area contributed by atoms with Crippen LogP contribution in [0.15, 0.2) is 24.3 Å². The summed E-state index contributed by atoms with van der Waals surface area (Å²) in [6.07, 6.45) is 10.9. The van der Waals surface area contributed by atoms with Gasteiger partial charge in [0.1, 0.15) is 5.75 Å². The topological polar surface area (TPSA) is 35.5 Å². The van der Waals surface area contributed by atoms with E-state index in [0.717, 1.165) is 31.2 Å². The highest BCUT2D eigenvalue weighted by Gasteiger charge is 2.25. The molecule has 0 aliphatic rings. The Morgan fingerprint density at radius 2 is 1.58 bits per heavy atom. The fourth-order valence-electron chi connectivity index (χ4n) is 2.58. The molecule has 1 aromatic carbocycles. The predicted molar refractivity (Wildman–Crippen MR) is 103 cm³/mol. The van der Waals surface area contributed by atoms with E-state index in [-0.39, 0.29) is 0 Å². The summed E-state index contributed by atoms with van der Waals surface area (Å²) < 4.78 is 24.5. The second kappa shape index (κ2) is 12.6. The van der Waals surface area contributed by atoms with Gasteiger partial charge in [0.05, 0.1) is 12.8 Å². The Hall–Kier alpha value is -0.790. The summed E-state index contributed by atoms with van der Waals surface area (Å²) in [5.74, 6) is 0.647. The molecule has 0 amide bonds. The maximum atomic E-state index is 13.0. The first-order valence-electron chi connectivity index (χ1n) is 9.59. The summed E-state index contributed by atoms with van der Waals surface area (Å²) in [7, 11) is -3.04. The molecule has 0 saturated heterocycles. The average Bonchev–Trinajstić information content (AvgIpc) is 2.55. The minimum Gasteiger partial charge on any atom is -0.424 e. The lowest BCUT2D eigenvalue weighted by Gasteiger charge is -2.19. The van der Waals surface area contributed by atoms with Crippen molar-refractivity contribution in [3.05, 3.63) is 29.8 Å². The summed E-state index contributed by atoms with van der Waals surface area (Å²) in [5.41, 5.74) is 1.10. The molecule has 1 atom stereocenters. The zero-order chi connectivity index (χ0) is 17.7. The van der Waals surface area contributed by atoms with Crippen molar-refractivity contribution >= 4 is 7.60 Å². The second-order valence-corrected chi connectivity index (χ2v) is 8.66. The highest BCUT2D eigenvalue weighted by Crippen LogP contribution is 2.49. The molecule has 0 N–H and O–H groups in total. The van der Waals surface area contributed by atoms with Crippen LogP contribution >= 0.6 is 7.60 Å². The van der Waals surface area contributed by atoms with Crippen LogP contribution in [0.4, 0.5) is 0 Å². The van der Waals surface area contributed by atoms with Crippen LogP contribution < -0.4 is 4.52 Å². The third kappa shape index (κ3) is 9.49. The Labute approximate surface area is 148 Å². The summed E-state index contributed by atoms with van der Waals surface area (Å²) in [6, 6.07) is 7.69. The summed E-state index contributed by atoms with van der Waals surface area (Å²) in [6.45, 7) is 6.85. The first-order valence-corrected chi connectivity index (χ1v) is 11.3. The largest absolute Gasteiger partial charge is 0.424 e. The molecule has 0 saturated carbocycles. The van der Waals surface area contributed by atoms with E-state index in [1.807, 2.05) is 31.2 Å². The predicted octanol–water partition coefficient (Wildman–Crippen LogP) is 7.13. The lowest BCUT2D eigenvalue weighted by molar-refractivity contribution is 0.257. The molecule has 1 aromatic rings. The van der Waals surface area contributed by atoms with Gasteiger partial charge in [-0.1, -0.05) is 70.9 Å². The quantitative estimate of drug-likeness (QED) is 0.263. The molecule has 0 radical (unpaired) electrons. The molecule has 138 valence electrons. The van der Waals surface area contributed by atoms with E-state index in [0.29, 0.717) is 18.5 Å². The Balaban J connectivity index is 2.39. The number of rotatable bonds is 14. The van der Waals surface area contributed by atoms with Crippen LogP contribution in [0, 0.1) is 6.92 Å². The fourth-order valence-corrected chi connectivity index (χ4v) is 4.40. The van der Waals surface area contributed by atoms with Crippen molar-refractivity contribution in [3.63, 3.8) is 0 Å². The van der Waals surface area contributed by atoms with Gasteiger partial charge in [-0.25, -0.2) is 4.57 Å². The monoisotopic (exact) mass is 354 g/mol. The van der Waals surface area contributed by atoms with Gasteiger partial charge >= 0.3 is 7.60 Å². The van der Waals surface area contributed by atoms with Crippen LogP contribution in [0.3, 0.4) is 0 Å². The van der Waals surface area contributed by atoms with Crippen LogP contribution in [0.1, 0.15) is 77.2 Å². The van der Waals surface area contributed by atoms with Crippen molar-refractivity contribution < 1.29 is 13.6 Å². The maximum absolute atomic E-state index is 13.0. The normalized spacial score (nSPS) is 13.6. The first kappa shape index (κ1) is 21.3. The van der Waals surface area contributed by atoms with Crippen molar-refractivity contribution in [2.24, 2.45) is 0 Å². The maximum Gasteiger partial charge on any atom is 0.379 e. The molecule has 0 aromatic heterocycles. The van der Waals surface area contributed by atoms with E-state index >= 15 is 0 Å². The van der Waals surface area contributed by atoms with Crippen molar-refractivity contribution in [1.29, 1.82) is 0 Å². The highest BCUT2D eigenvalue weighted by atomic mass is 31.2. The molecule has 0 aliphatic carbocycles. The van der Waals surface area contributed by atoms with E-state index < -0.39 is 7.60 Å².